The molecular formula is C16H20F3N3O2. The van der Waals surface area contributed by atoms with Crippen LogP contribution in [-0.4, -0.2) is 43.7 Å². The van der Waals surface area contributed by atoms with Crippen LogP contribution in [0, 0.1) is 11.8 Å². The lowest BCUT2D eigenvalue weighted by Crippen LogP contribution is -2.35. The average Bonchev–Trinajstić information content (AvgIpc) is 3.09. The van der Waals surface area contributed by atoms with Gasteiger partial charge in [0.1, 0.15) is 5.75 Å². The molecule has 8 heteroatoms. The Morgan fingerprint density at radius 3 is 2.58 bits per heavy atom. The number of urea groups is 1. The molecule has 3 rings (SSSR count). The van der Waals surface area contributed by atoms with E-state index in [2.05, 4.69) is 10.6 Å². The number of carbonyl (C=O) groups is 1. The summed E-state index contributed by atoms with van der Waals surface area (Å²) in [5.74, 6) is 0.633. The Labute approximate surface area is 138 Å². The molecule has 0 spiro atoms. The highest BCUT2D eigenvalue weighted by Crippen LogP contribution is 2.38. The van der Waals surface area contributed by atoms with E-state index in [1.165, 1.54) is 12.1 Å². The number of ether oxygens (including phenoxy) is 1. The maximum absolute atomic E-state index is 13.1. The maximum Gasteiger partial charge on any atom is 0.420 e. The first-order valence-corrected chi connectivity index (χ1v) is 7.99. The van der Waals surface area contributed by atoms with E-state index < -0.39 is 11.7 Å². The minimum Gasteiger partial charge on any atom is -0.493 e. The quantitative estimate of drug-likeness (QED) is 0.887. The number of hydrogen-bond donors (Lipinski definition) is 2. The fraction of sp³-hybridized carbons (Fsp3) is 0.562. The summed E-state index contributed by atoms with van der Waals surface area (Å²) in [7, 11) is 0. The molecule has 2 unspecified atom stereocenters. The van der Waals surface area contributed by atoms with Crippen LogP contribution in [0.2, 0.25) is 0 Å². The van der Waals surface area contributed by atoms with Crippen LogP contribution in [0.25, 0.3) is 0 Å². The van der Waals surface area contributed by atoms with Gasteiger partial charge in [0.15, 0.2) is 0 Å². The first-order chi connectivity index (χ1) is 11.4. The average molecular weight is 343 g/mol. The number of carbonyl (C=O) groups excluding carboxylic acids is 1. The van der Waals surface area contributed by atoms with Gasteiger partial charge in [-0.25, -0.2) is 4.79 Å². The molecule has 0 aromatic heterocycles. The fourth-order valence-corrected chi connectivity index (χ4v) is 3.33. The van der Waals surface area contributed by atoms with Gasteiger partial charge in [-0.15, -0.1) is 0 Å². The fourth-order valence-electron chi connectivity index (χ4n) is 3.33. The lowest BCUT2D eigenvalue weighted by atomic mass is 10.0. The van der Waals surface area contributed by atoms with Crippen LogP contribution in [0.3, 0.4) is 0 Å². The monoisotopic (exact) mass is 343 g/mol. The van der Waals surface area contributed by atoms with Crippen LogP contribution in [0.15, 0.2) is 18.2 Å². The number of nitrogens with one attached hydrogen (secondary N) is 2. The number of rotatable bonds is 3. The Morgan fingerprint density at radius 1 is 1.33 bits per heavy atom. The third-order valence-corrected chi connectivity index (χ3v) is 4.51. The van der Waals surface area contributed by atoms with Crippen molar-refractivity contribution in [2.24, 2.45) is 11.8 Å². The largest absolute Gasteiger partial charge is 0.493 e. The highest BCUT2D eigenvalue weighted by atomic mass is 19.4. The molecule has 2 saturated heterocycles. The second-order valence-electron chi connectivity index (χ2n) is 6.16. The number of amides is 2. The number of alkyl halides is 3. The summed E-state index contributed by atoms with van der Waals surface area (Å²) < 4.78 is 44.4. The van der Waals surface area contributed by atoms with Crippen LogP contribution in [0.4, 0.5) is 23.7 Å². The molecule has 0 aliphatic carbocycles. The molecule has 2 aliphatic heterocycles. The Hall–Kier alpha value is -1.96. The van der Waals surface area contributed by atoms with Crippen LogP contribution in [0.1, 0.15) is 12.5 Å². The van der Waals surface area contributed by atoms with Gasteiger partial charge in [-0.3, -0.25) is 0 Å². The van der Waals surface area contributed by atoms with E-state index in [-0.39, 0.29) is 24.1 Å². The maximum atomic E-state index is 13.1. The van der Waals surface area contributed by atoms with E-state index in [1.807, 2.05) is 0 Å². The summed E-state index contributed by atoms with van der Waals surface area (Å²) in [5.41, 5.74) is -0.768. The number of nitrogens with zero attached hydrogens (tertiary/aromatic N) is 1. The minimum absolute atomic E-state index is 0.117. The van der Waals surface area contributed by atoms with Gasteiger partial charge in [-0.1, -0.05) is 0 Å². The molecule has 0 saturated carbocycles. The van der Waals surface area contributed by atoms with E-state index >= 15 is 0 Å². The van der Waals surface area contributed by atoms with Crippen molar-refractivity contribution in [1.29, 1.82) is 0 Å². The van der Waals surface area contributed by atoms with Gasteiger partial charge in [0.25, 0.3) is 0 Å². The molecule has 2 amide bonds. The van der Waals surface area contributed by atoms with Crippen molar-refractivity contribution in [1.82, 2.24) is 10.2 Å². The van der Waals surface area contributed by atoms with Crippen LogP contribution in [-0.2, 0) is 6.18 Å². The third-order valence-electron chi connectivity index (χ3n) is 4.51. The molecule has 0 radical (unpaired) electrons. The zero-order chi connectivity index (χ0) is 17.3. The van der Waals surface area contributed by atoms with E-state index in [9.17, 15) is 18.0 Å². The van der Waals surface area contributed by atoms with Gasteiger partial charge < -0.3 is 20.3 Å². The minimum atomic E-state index is -4.54. The van der Waals surface area contributed by atoms with Gasteiger partial charge in [0.2, 0.25) is 0 Å². The second kappa shape index (κ2) is 6.51. The smallest absolute Gasteiger partial charge is 0.420 e. The van der Waals surface area contributed by atoms with E-state index in [1.54, 1.807) is 11.8 Å². The van der Waals surface area contributed by atoms with Crippen LogP contribution in [0.5, 0.6) is 5.75 Å². The normalized spacial score (nSPS) is 23.2. The van der Waals surface area contributed by atoms with Gasteiger partial charge in [-0.2, -0.15) is 13.2 Å². The molecule has 0 bridgehead atoms. The molecule has 2 atom stereocenters. The summed E-state index contributed by atoms with van der Waals surface area (Å²) in [6, 6.07) is 3.23. The van der Waals surface area contributed by atoms with Crippen molar-refractivity contribution in [2.75, 3.05) is 38.1 Å². The Balaban J connectivity index is 1.72. The van der Waals surface area contributed by atoms with E-state index in [0.717, 1.165) is 19.2 Å². The number of anilines is 1. The lowest BCUT2D eigenvalue weighted by molar-refractivity contribution is -0.138. The molecule has 2 aliphatic rings. The number of benzene rings is 1. The third kappa shape index (κ3) is 3.43. The van der Waals surface area contributed by atoms with Crippen molar-refractivity contribution in [3.05, 3.63) is 23.8 Å². The summed E-state index contributed by atoms with van der Waals surface area (Å²) in [6.45, 7) is 4.79. The number of fused-ring (bicyclic) bond motifs is 1. The van der Waals surface area contributed by atoms with Crippen LogP contribution < -0.4 is 15.4 Å². The van der Waals surface area contributed by atoms with Gasteiger partial charge in [0, 0.05) is 31.9 Å². The molecule has 1 aromatic rings. The summed E-state index contributed by atoms with van der Waals surface area (Å²) in [4.78, 5) is 14.0. The summed E-state index contributed by atoms with van der Waals surface area (Å²) in [6.07, 6.45) is -4.54. The molecule has 5 nitrogen and oxygen atoms in total. The zero-order valence-corrected chi connectivity index (χ0v) is 13.3. The summed E-state index contributed by atoms with van der Waals surface area (Å²) >= 11 is 0. The Kier molecular flexibility index (Phi) is 4.58. The SMILES string of the molecule is CCOc1ccc(NC(=O)N2CC3CNCC3C2)cc1C(F)(F)F. The number of likely N-dealkylation sites (tertiary alicyclic amines) is 1. The van der Waals surface area contributed by atoms with Crippen molar-refractivity contribution < 1.29 is 22.7 Å². The van der Waals surface area contributed by atoms with Gasteiger partial charge in [-0.05, 0) is 37.0 Å². The first kappa shape index (κ1) is 16.9. The lowest BCUT2D eigenvalue weighted by Gasteiger charge is -2.19. The highest BCUT2D eigenvalue weighted by molar-refractivity contribution is 5.89. The van der Waals surface area contributed by atoms with Gasteiger partial charge in [0.05, 0.1) is 12.2 Å². The number of halogens is 3. The highest BCUT2D eigenvalue weighted by Gasteiger charge is 2.38. The predicted octanol–water partition coefficient (Wildman–Crippen LogP) is 2.79. The topological polar surface area (TPSA) is 53.6 Å². The molecular weight excluding hydrogens is 323 g/mol. The second-order valence-corrected chi connectivity index (χ2v) is 6.16. The molecule has 132 valence electrons. The number of hydrogen-bond acceptors (Lipinski definition) is 3. The molecule has 1 aromatic carbocycles. The molecule has 2 heterocycles. The van der Waals surface area contributed by atoms with Crippen LogP contribution >= 0.6 is 0 Å². The summed E-state index contributed by atoms with van der Waals surface area (Å²) in [5, 5.41) is 5.84. The van der Waals surface area contributed by atoms with Crippen molar-refractivity contribution in [3.63, 3.8) is 0 Å². The van der Waals surface area contributed by atoms with Crippen molar-refractivity contribution in [2.45, 2.75) is 13.1 Å². The van der Waals surface area contributed by atoms with Gasteiger partial charge >= 0.3 is 12.2 Å². The first-order valence-electron chi connectivity index (χ1n) is 7.99. The standard InChI is InChI=1S/C16H20F3N3O2/c1-2-24-14-4-3-12(5-13(14)16(17,18)19)21-15(23)22-8-10-6-20-7-11(10)9-22/h3-5,10-11,20H,2,6-9H2,1H3,(H,21,23). The zero-order valence-electron chi connectivity index (χ0n) is 13.3. The van der Waals surface area contributed by atoms with Crippen molar-refractivity contribution >= 4 is 11.7 Å². The molecule has 24 heavy (non-hydrogen) atoms. The van der Waals surface area contributed by atoms with E-state index in [0.29, 0.717) is 24.9 Å². The molecule has 2 N–H and O–H groups in total. The Morgan fingerprint density at radius 2 is 2.00 bits per heavy atom. The molecule has 2 fully saturated rings. The van der Waals surface area contributed by atoms with E-state index in [4.69, 9.17) is 4.74 Å². The van der Waals surface area contributed by atoms with Crippen molar-refractivity contribution in [3.8, 4) is 5.75 Å². The Bertz CT molecular complexity index is 609. The predicted molar refractivity (Wildman–Crippen MR) is 83.1 cm³/mol.